The third-order valence-electron chi connectivity index (χ3n) is 3.20. The Morgan fingerprint density at radius 2 is 1.89 bits per heavy atom. The zero-order valence-electron chi connectivity index (χ0n) is 11.6. The smallest absolute Gasteiger partial charge is 0.315 e. The molecule has 1 atom stereocenters. The van der Waals surface area contributed by atoms with Crippen LogP contribution in [0.4, 0.5) is 4.79 Å². The average molecular weight is 260 g/mol. The molecule has 2 amide bonds. The molecule has 1 unspecified atom stereocenters. The maximum Gasteiger partial charge on any atom is 0.315 e. The minimum Gasteiger partial charge on any atom is -0.481 e. The summed E-state index contributed by atoms with van der Waals surface area (Å²) in [6.07, 6.45) is 1.03. The lowest BCUT2D eigenvalue weighted by Crippen LogP contribution is -2.51. The summed E-state index contributed by atoms with van der Waals surface area (Å²) < 4.78 is 4.97. The summed E-state index contributed by atoms with van der Waals surface area (Å²) in [5.41, 5.74) is -0.237. The van der Waals surface area contributed by atoms with Crippen molar-refractivity contribution in [2.75, 3.05) is 13.7 Å². The van der Waals surface area contributed by atoms with E-state index < -0.39 is 12.1 Å². The Hall–Kier alpha value is -1.30. The first-order chi connectivity index (χ1) is 8.36. The molecule has 3 N–H and O–H groups in total. The zero-order valence-corrected chi connectivity index (χ0v) is 11.6. The summed E-state index contributed by atoms with van der Waals surface area (Å²) in [5, 5.41) is 14.1. The molecule has 0 aromatic carbocycles. The lowest BCUT2D eigenvalue weighted by molar-refractivity contribution is -0.139. The quantitative estimate of drug-likeness (QED) is 0.615. The van der Waals surface area contributed by atoms with Crippen molar-refractivity contribution in [1.29, 1.82) is 0 Å². The third kappa shape index (κ3) is 6.44. The molecule has 106 valence electrons. The number of methoxy groups -OCH3 is 1. The SMILES string of the molecule is CCC(C)(CC)NC(=O)NCC(CC(=O)O)OC. The van der Waals surface area contributed by atoms with Crippen LogP contribution in [0.2, 0.25) is 0 Å². The van der Waals surface area contributed by atoms with E-state index in [1.165, 1.54) is 7.11 Å². The molecule has 0 aliphatic rings. The van der Waals surface area contributed by atoms with Gasteiger partial charge in [-0.25, -0.2) is 4.79 Å². The standard InChI is InChI=1S/C12H24N2O4/c1-5-12(3,6-2)14-11(17)13-8-9(18-4)7-10(15)16/h9H,5-8H2,1-4H3,(H,15,16)(H2,13,14,17). The molecule has 0 fully saturated rings. The highest BCUT2D eigenvalue weighted by Crippen LogP contribution is 2.12. The lowest BCUT2D eigenvalue weighted by Gasteiger charge is -2.28. The number of ether oxygens (including phenoxy) is 1. The van der Waals surface area contributed by atoms with Crippen molar-refractivity contribution in [3.05, 3.63) is 0 Å². The minimum absolute atomic E-state index is 0.129. The first-order valence-electron chi connectivity index (χ1n) is 6.17. The molecule has 0 spiro atoms. The van der Waals surface area contributed by atoms with Gasteiger partial charge in [0.05, 0.1) is 12.5 Å². The molecule has 0 saturated heterocycles. The number of hydrogen-bond donors (Lipinski definition) is 3. The fraction of sp³-hybridized carbons (Fsp3) is 0.833. The van der Waals surface area contributed by atoms with E-state index in [2.05, 4.69) is 10.6 Å². The van der Waals surface area contributed by atoms with Gasteiger partial charge in [0.2, 0.25) is 0 Å². The maximum absolute atomic E-state index is 11.7. The van der Waals surface area contributed by atoms with Gasteiger partial charge >= 0.3 is 12.0 Å². The van der Waals surface area contributed by atoms with Gasteiger partial charge in [0, 0.05) is 19.2 Å². The number of amides is 2. The van der Waals surface area contributed by atoms with Crippen LogP contribution in [0.1, 0.15) is 40.0 Å². The first-order valence-corrected chi connectivity index (χ1v) is 6.17. The lowest BCUT2D eigenvalue weighted by atomic mass is 9.96. The Bertz CT molecular complexity index is 277. The van der Waals surface area contributed by atoms with E-state index >= 15 is 0 Å². The Balaban J connectivity index is 4.12. The van der Waals surface area contributed by atoms with Gasteiger partial charge in [-0.3, -0.25) is 4.79 Å². The maximum atomic E-state index is 11.7. The van der Waals surface area contributed by atoms with E-state index in [1.54, 1.807) is 0 Å². The molecule has 6 heteroatoms. The van der Waals surface area contributed by atoms with E-state index in [4.69, 9.17) is 9.84 Å². The summed E-state index contributed by atoms with van der Waals surface area (Å²) in [4.78, 5) is 22.2. The van der Waals surface area contributed by atoms with E-state index in [9.17, 15) is 9.59 Å². The second kappa shape index (κ2) is 7.92. The van der Waals surface area contributed by atoms with Crippen LogP contribution >= 0.6 is 0 Å². The summed E-state index contributed by atoms with van der Waals surface area (Å²) in [5.74, 6) is -0.948. The number of nitrogens with one attached hydrogen (secondary N) is 2. The van der Waals surface area contributed by atoms with Crippen molar-refractivity contribution in [3.63, 3.8) is 0 Å². The summed E-state index contributed by atoms with van der Waals surface area (Å²) in [6, 6.07) is -0.298. The van der Waals surface area contributed by atoms with Crippen molar-refractivity contribution in [1.82, 2.24) is 10.6 Å². The monoisotopic (exact) mass is 260 g/mol. The van der Waals surface area contributed by atoms with Crippen molar-refractivity contribution < 1.29 is 19.4 Å². The predicted molar refractivity (Wildman–Crippen MR) is 68.6 cm³/mol. The van der Waals surface area contributed by atoms with Crippen LogP contribution in [-0.4, -0.2) is 42.4 Å². The largest absolute Gasteiger partial charge is 0.481 e. The molecule has 6 nitrogen and oxygen atoms in total. The molecule has 18 heavy (non-hydrogen) atoms. The predicted octanol–water partition coefficient (Wildman–Crippen LogP) is 1.35. The van der Waals surface area contributed by atoms with Crippen LogP contribution in [0, 0.1) is 0 Å². The van der Waals surface area contributed by atoms with Gasteiger partial charge in [0.15, 0.2) is 0 Å². The van der Waals surface area contributed by atoms with Gasteiger partial charge in [-0.1, -0.05) is 13.8 Å². The van der Waals surface area contributed by atoms with Crippen molar-refractivity contribution in [3.8, 4) is 0 Å². The minimum atomic E-state index is -0.948. The number of rotatable bonds is 8. The molecule has 0 aromatic rings. The second-order valence-electron chi connectivity index (χ2n) is 4.56. The highest BCUT2D eigenvalue weighted by atomic mass is 16.5. The van der Waals surface area contributed by atoms with Crippen LogP contribution < -0.4 is 10.6 Å². The van der Waals surface area contributed by atoms with Crippen LogP contribution in [0.25, 0.3) is 0 Å². The number of carbonyl (C=O) groups excluding carboxylic acids is 1. The average Bonchev–Trinajstić information content (AvgIpc) is 2.33. The van der Waals surface area contributed by atoms with Gasteiger partial charge in [-0.2, -0.15) is 0 Å². The van der Waals surface area contributed by atoms with E-state index in [1.807, 2.05) is 20.8 Å². The molecular weight excluding hydrogens is 236 g/mol. The molecule has 0 aromatic heterocycles. The second-order valence-corrected chi connectivity index (χ2v) is 4.56. The number of hydrogen-bond acceptors (Lipinski definition) is 3. The van der Waals surface area contributed by atoms with Crippen LogP contribution in [0.5, 0.6) is 0 Å². The fourth-order valence-electron chi connectivity index (χ4n) is 1.39. The van der Waals surface area contributed by atoms with E-state index in [-0.39, 0.29) is 24.5 Å². The number of aliphatic carboxylic acids is 1. The Kier molecular flexibility index (Phi) is 7.35. The Morgan fingerprint density at radius 1 is 1.33 bits per heavy atom. The highest BCUT2D eigenvalue weighted by molar-refractivity contribution is 5.75. The van der Waals surface area contributed by atoms with Crippen LogP contribution in [0.15, 0.2) is 0 Å². The highest BCUT2D eigenvalue weighted by Gasteiger charge is 2.22. The van der Waals surface area contributed by atoms with E-state index in [0.717, 1.165) is 12.8 Å². The number of carboxylic acid groups (broad SMARTS) is 1. The summed E-state index contributed by atoms with van der Waals surface area (Å²) >= 11 is 0. The van der Waals surface area contributed by atoms with Crippen LogP contribution in [-0.2, 0) is 9.53 Å². The van der Waals surface area contributed by atoms with E-state index in [0.29, 0.717) is 0 Å². The summed E-state index contributed by atoms with van der Waals surface area (Å²) in [6.45, 7) is 6.16. The molecule has 0 aliphatic heterocycles. The van der Waals surface area contributed by atoms with Crippen LogP contribution in [0.3, 0.4) is 0 Å². The topological polar surface area (TPSA) is 87.7 Å². The molecule has 0 aliphatic carbocycles. The van der Waals surface area contributed by atoms with Gasteiger partial charge in [0.1, 0.15) is 0 Å². The van der Waals surface area contributed by atoms with Gasteiger partial charge in [-0.15, -0.1) is 0 Å². The number of carbonyl (C=O) groups is 2. The molecule has 0 radical (unpaired) electrons. The Morgan fingerprint density at radius 3 is 2.28 bits per heavy atom. The molecular formula is C12H24N2O4. The van der Waals surface area contributed by atoms with Crippen molar-refractivity contribution in [2.45, 2.75) is 51.7 Å². The zero-order chi connectivity index (χ0) is 14.2. The molecule has 0 heterocycles. The number of carboxylic acids is 1. The van der Waals surface area contributed by atoms with Crippen molar-refractivity contribution in [2.24, 2.45) is 0 Å². The molecule has 0 rings (SSSR count). The first kappa shape index (κ1) is 16.7. The summed E-state index contributed by atoms with van der Waals surface area (Å²) in [7, 11) is 1.43. The van der Waals surface area contributed by atoms with Gasteiger partial charge < -0.3 is 20.5 Å². The fourth-order valence-corrected chi connectivity index (χ4v) is 1.39. The third-order valence-corrected chi connectivity index (χ3v) is 3.20. The van der Waals surface area contributed by atoms with Crippen molar-refractivity contribution >= 4 is 12.0 Å². The van der Waals surface area contributed by atoms with Gasteiger partial charge in [0.25, 0.3) is 0 Å². The number of urea groups is 1. The van der Waals surface area contributed by atoms with Gasteiger partial charge in [-0.05, 0) is 19.8 Å². The molecule has 0 saturated carbocycles. The molecule has 0 bridgehead atoms. The normalized spacial score (nSPS) is 12.9. The Labute approximate surface area is 108 Å².